The quantitative estimate of drug-likeness (QED) is 0.877. The third kappa shape index (κ3) is 4.23. The molecule has 1 aromatic heterocycles. The average molecular weight is 347 g/mol. The highest BCUT2D eigenvalue weighted by Crippen LogP contribution is 2.29. The van der Waals surface area contributed by atoms with Gasteiger partial charge in [-0.2, -0.15) is 0 Å². The van der Waals surface area contributed by atoms with Crippen molar-refractivity contribution in [1.29, 1.82) is 0 Å². The number of alkyl carbamates (subject to hydrolysis) is 1. The summed E-state index contributed by atoms with van der Waals surface area (Å²) in [4.78, 5) is 22.6. The van der Waals surface area contributed by atoms with Gasteiger partial charge in [0.15, 0.2) is 0 Å². The van der Waals surface area contributed by atoms with Gasteiger partial charge in [0.05, 0.1) is 0 Å². The monoisotopic (exact) mass is 347 g/mol. The molecule has 0 radical (unpaired) electrons. The Labute approximate surface area is 144 Å². The predicted molar refractivity (Wildman–Crippen MR) is 90.0 cm³/mol. The fraction of sp³-hybridized carbons (Fsp3) is 0.444. The number of carboxylic acids is 1. The molecule has 1 heterocycles. The Balaban J connectivity index is 1.52. The second-order valence-corrected chi connectivity index (χ2v) is 7.17. The smallest absolute Gasteiger partial charge is 0.407 e. The van der Waals surface area contributed by atoms with Crippen LogP contribution in [0.2, 0.25) is 0 Å². The molecule has 0 saturated heterocycles. The maximum absolute atomic E-state index is 11.7. The number of nitrogens with one attached hydrogen (secondary N) is 1. The largest absolute Gasteiger partial charge is 0.490 e. The standard InChI is InChI=1S/C18H21NO6/c1-18(2,3)25-17(22)19-11-8-13(9-11)23-12-4-5-14-10(6-12)7-15(24-14)16(20)21/h4-7,11,13H,8-9H2,1-3H3,(H,19,22)(H,20,21)/t11-,13+. The first kappa shape index (κ1) is 17.1. The first-order valence-corrected chi connectivity index (χ1v) is 8.13. The van der Waals surface area contributed by atoms with Crippen LogP contribution in [-0.4, -0.2) is 34.9 Å². The summed E-state index contributed by atoms with van der Waals surface area (Å²) in [6.45, 7) is 5.46. The third-order valence-corrected chi connectivity index (χ3v) is 3.82. The van der Waals surface area contributed by atoms with E-state index in [4.69, 9.17) is 19.0 Å². The van der Waals surface area contributed by atoms with Crippen molar-refractivity contribution in [3.8, 4) is 5.75 Å². The van der Waals surface area contributed by atoms with Crippen molar-refractivity contribution in [3.05, 3.63) is 30.0 Å². The van der Waals surface area contributed by atoms with Gasteiger partial charge in [-0.05, 0) is 45.0 Å². The van der Waals surface area contributed by atoms with Gasteiger partial charge in [-0.25, -0.2) is 9.59 Å². The van der Waals surface area contributed by atoms with Crippen molar-refractivity contribution in [2.24, 2.45) is 0 Å². The number of aromatic carboxylic acids is 1. The van der Waals surface area contributed by atoms with Crippen LogP contribution in [0.1, 0.15) is 44.2 Å². The summed E-state index contributed by atoms with van der Waals surface area (Å²) >= 11 is 0. The minimum absolute atomic E-state index is 0.00299. The van der Waals surface area contributed by atoms with Gasteiger partial charge in [0.25, 0.3) is 0 Å². The van der Waals surface area contributed by atoms with E-state index in [1.54, 1.807) is 18.2 Å². The van der Waals surface area contributed by atoms with Crippen molar-refractivity contribution in [1.82, 2.24) is 5.32 Å². The van der Waals surface area contributed by atoms with Crippen molar-refractivity contribution in [2.45, 2.75) is 51.4 Å². The summed E-state index contributed by atoms with van der Waals surface area (Å²) < 4.78 is 16.3. The lowest BCUT2D eigenvalue weighted by Crippen LogP contribution is -2.50. The topological polar surface area (TPSA) is 98.0 Å². The van der Waals surface area contributed by atoms with Crippen LogP contribution in [0.15, 0.2) is 28.7 Å². The lowest BCUT2D eigenvalue weighted by Gasteiger charge is -2.36. The van der Waals surface area contributed by atoms with E-state index in [1.165, 1.54) is 6.07 Å². The number of hydrogen-bond acceptors (Lipinski definition) is 5. The molecule has 1 aliphatic rings. The van der Waals surface area contributed by atoms with E-state index in [9.17, 15) is 9.59 Å². The van der Waals surface area contributed by atoms with Gasteiger partial charge in [0, 0.05) is 24.3 Å². The molecule has 25 heavy (non-hydrogen) atoms. The minimum atomic E-state index is -1.10. The highest BCUT2D eigenvalue weighted by atomic mass is 16.6. The minimum Gasteiger partial charge on any atom is -0.490 e. The van der Waals surface area contributed by atoms with E-state index in [0.29, 0.717) is 29.6 Å². The molecule has 0 atom stereocenters. The molecule has 134 valence electrons. The van der Waals surface area contributed by atoms with Crippen LogP contribution in [-0.2, 0) is 4.74 Å². The number of hydrogen-bond donors (Lipinski definition) is 2. The van der Waals surface area contributed by atoms with Gasteiger partial charge >= 0.3 is 12.1 Å². The molecular formula is C18H21NO6. The molecule has 1 saturated carbocycles. The molecule has 7 heteroatoms. The van der Waals surface area contributed by atoms with Crippen molar-refractivity contribution in [2.75, 3.05) is 0 Å². The lowest BCUT2D eigenvalue weighted by molar-refractivity contribution is 0.0362. The Kier molecular flexibility index (Phi) is 4.32. The highest BCUT2D eigenvalue weighted by molar-refractivity contribution is 5.91. The molecule has 1 aliphatic carbocycles. The van der Waals surface area contributed by atoms with Gasteiger partial charge in [0.2, 0.25) is 5.76 Å². The number of carbonyl (C=O) groups is 2. The summed E-state index contributed by atoms with van der Waals surface area (Å²) in [6, 6.07) is 6.69. The summed E-state index contributed by atoms with van der Waals surface area (Å²) in [5.74, 6) is -0.558. The number of carbonyl (C=O) groups excluding carboxylic acids is 1. The van der Waals surface area contributed by atoms with Crippen LogP contribution >= 0.6 is 0 Å². The van der Waals surface area contributed by atoms with Crippen molar-refractivity contribution in [3.63, 3.8) is 0 Å². The molecule has 0 bridgehead atoms. The molecular weight excluding hydrogens is 326 g/mol. The van der Waals surface area contributed by atoms with E-state index < -0.39 is 17.7 Å². The van der Waals surface area contributed by atoms with Gasteiger partial charge < -0.3 is 24.3 Å². The van der Waals surface area contributed by atoms with Gasteiger partial charge in [0.1, 0.15) is 23.0 Å². The maximum Gasteiger partial charge on any atom is 0.407 e. The second kappa shape index (κ2) is 6.31. The van der Waals surface area contributed by atoms with E-state index in [2.05, 4.69) is 5.32 Å². The van der Waals surface area contributed by atoms with E-state index in [0.717, 1.165) is 0 Å². The van der Waals surface area contributed by atoms with Crippen molar-refractivity contribution < 1.29 is 28.6 Å². The summed E-state index contributed by atoms with van der Waals surface area (Å²) in [6.07, 6.45) is 0.978. The number of benzene rings is 1. The zero-order valence-corrected chi connectivity index (χ0v) is 14.4. The SMILES string of the molecule is CC(C)(C)OC(=O)N[C@H]1C[C@@H](Oc2ccc3oc(C(=O)O)cc3c2)C1. The van der Waals surface area contributed by atoms with Crippen LogP contribution in [0, 0.1) is 0 Å². The molecule has 1 amide bonds. The van der Waals surface area contributed by atoms with Crippen LogP contribution < -0.4 is 10.1 Å². The molecule has 0 aliphatic heterocycles. The Morgan fingerprint density at radius 1 is 1.24 bits per heavy atom. The third-order valence-electron chi connectivity index (χ3n) is 3.82. The van der Waals surface area contributed by atoms with E-state index in [1.807, 2.05) is 20.8 Å². The predicted octanol–water partition coefficient (Wildman–Crippen LogP) is 3.57. The summed E-state index contributed by atoms with van der Waals surface area (Å²) in [5, 5.41) is 12.4. The molecule has 2 aromatic rings. The van der Waals surface area contributed by atoms with Gasteiger partial charge in [-0.3, -0.25) is 0 Å². The molecule has 2 N–H and O–H groups in total. The first-order chi connectivity index (χ1) is 11.7. The van der Waals surface area contributed by atoms with E-state index in [-0.39, 0.29) is 17.9 Å². The number of fused-ring (bicyclic) bond motifs is 1. The fourth-order valence-electron chi connectivity index (χ4n) is 2.65. The molecule has 7 nitrogen and oxygen atoms in total. The summed E-state index contributed by atoms with van der Waals surface area (Å²) in [5.41, 5.74) is -0.0127. The Morgan fingerprint density at radius 2 is 1.96 bits per heavy atom. The number of rotatable bonds is 4. The van der Waals surface area contributed by atoms with Crippen LogP contribution in [0.5, 0.6) is 5.75 Å². The number of amides is 1. The Bertz CT molecular complexity index is 797. The molecule has 0 unspecified atom stereocenters. The van der Waals surface area contributed by atoms with Crippen LogP contribution in [0.4, 0.5) is 4.79 Å². The number of ether oxygens (including phenoxy) is 2. The summed E-state index contributed by atoms with van der Waals surface area (Å²) in [7, 11) is 0. The molecule has 1 aromatic carbocycles. The molecule has 0 spiro atoms. The normalized spacial score (nSPS) is 20.0. The zero-order chi connectivity index (χ0) is 18.2. The maximum atomic E-state index is 11.7. The van der Waals surface area contributed by atoms with Crippen molar-refractivity contribution >= 4 is 23.0 Å². The number of carboxylic acid groups (broad SMARTS) is 1. The van der Waals surface area contributed by atoms with Gasteiger partial charge in [-0.1, -0.05) is 0 Å². The molecule has 3 rings (SSSR count). The zero-order valence-electron chi connectivity index (χ0n) is 14.4. The second-order valence-electron chi connectivity index (χ2n) is 7.17. The Hall–Kier alpha value is -2.70. The first-order valence-electron chi connectivity index (χ1n) is 8.13. The lowest BCUT2D eigenvalue weighted by atomic mass is 9.89. The van der Waals surface area contributed by atoms with Crippen LogP contribution in [0.3, 0.4) is 0 Å². The van der Waals surface area contributed by atoms with Gasteiger partial charge in [-0.15, -0.1) is 0 Å². The van der Waals surface area contributed by atoms with Crippen LogP contribution in [0.25, 0.3) is 11.0 Å². The fourth-order valence-corrected chi connectivity index (χ4v) is 2.65. The Morgan fingerprint density at radius 3 is 2.60 bits per heavy atom. The number of furan rings is 1. The average Bonchev–Trinajstić information content (AvgIpc) is 2.86. The van der Waals surface area contributed by atoms with E-state index >= 15 is 0 Å². The molecule has 1 fully saturated rings. The highest BCUT2D eigenvalue weighted by Gasteiger charge is 2.33.